The molecule has 1 rings (SSSR count). The maximum absolute atomic E-state index is 11.1. The Morgan fingerprint density at radius 1 is 1.40 bits per heavy atom. The van der Waals surface area contributed by atoms with E-state index >= 15 is 0 Å². The van der Waals surface area contributed by atoms with Gasteiger partial charge in [-0.15, -0.1) is 0 Å². The molecule has 15 heavy (non-hydrogen) atoms. The van der Waals surface area contributed by atoms with Crippen molar-refractivity contribution < 1.29 is 9.90 Å². The summed E-state index contributed by atoms with van der Waals surface area (Å²) in [5.41, 5.74) is 0.439. The molecular formula is C12H15IO2. The smallest absolute Gasteiger partial charge is 0.309 e. The molecule has 2 nitrogen and oxygen atoms in total. The van der Waals surface area contributed by atoms with Crippen LogP contribution in [0, 0.1) is 8.99 Å². The maximum atomic E-state index is 11.1. The fourth-order valence-corrected chi connectivity index (χ4v) is 1.76. The molecular weight excluding hydrogens is 303 g/mol. The molecule has 0 saturated heterocycles. The molecule has 1 aromatic rings. The Balaban J connectivity index is 2.84. The van der Waals surface area contributed by atoms with Gasteiger partial charge < -0.3 is 5.11 Å². The summed E-state index contributed by atoms with van der Waals surface area (Å²) in [7, 11) is 0. The maximum Gasteiger partial charge on any atom is 0.309 e. The van der Waals surface area contributed by atoms with Gasteiger partial charge in [0.05, 0.1) is 5.41 Å². The molecule has 1 N–H and O–H groups in total. The summed E-state index contributed by atoms with van der Waals surface area (Å²) in [6.45, 7) is 3.72. The molecule has 1 unspecified atom stereocenters. The average Bonchev–Trinajstić information content (AvgIpc) is 2.21. The number of aliphatic carboxylic acids is 1. The molecule has 0 saturated carbocycles. The van der Waals surface area contributed by atoms with Crippen molar-refractivity contribution in [3.05, 3.63) is 33.4 Å². The Kier molecular flexibility index (Phi) is 4.13. The standard InChI is InChI=1S/C12H15IO2/c1-3-12(2,11(14)15)8-9-4-6-10(13)7-5-9/h4-7H,3,8H2,1-2H3,(H,14,15). The van der Waals surface area contributed by atoms with E-state index in [4.69, 9.17) is 5.11 Å². The van der Waals surface area contributed by atoms with Gasteiger partial charge in [-0.2, -0.15) is 0 Å². The number of carbonyl (C=O) groups is 1. The van der Waals surface area contributed by atoms with Crippen molar-refractivity contribution in [3.8, 4) is 0 Å². The van der Waals surface area contributed by atoms with Crippen LogP contribution in [0.5, 0.6) is 0 Å². The number of hydrogen-bond acceptors (Lipinski definition) is 1. The normalized spacial score (nSPS) is 14.6. The molecule has 0 spiro atoms. The lowest BCUT2D eigenvalue weighted by atomic mass is 9.81. The fraction of sp³-hybridized carbons (Fsp3) is 0.417. The lowest BCUT2D eigenvalue weighted by Crippen LogP contribution is -2.29. The van der Waals surface area contributed by atoms with Crippen LogP contribution >= 0.6 is 22.6 Å². The number of benzene rings is 1. The zero-order valence-corrected chi connectivity index (χ0v) is 11.1. The minimum atomic E-state index is -0.719. The molecule has 0 radical (unpaired) electrons. The van der Waals surface area contributed by atoms with Crippen LogP contribution in [0.15, 0.2) is 24.3 Å². The molecule has 0 aromatic heterocycles. The Morgan fingerprint density at radius 3 is 2.33 bits per heavy atom. The third-order valence-electron chi connectivity index (χ3n) is 2.80. The van der Waals surface area contributed by atoms with Crippen molar-refractivity contribution in [2.24, 2.45) is 5.41 Å². The molecule has 0 aliphatic heterocycles. The summed E-state index contributed by atoms with van der Waals surface area (Å²) in [6, 6.07) is 8.01. The van der Waals surface area contributed by atoms with E-state index in [2.05, 4.69) is 22.6 Å². The zero-order valence-electron chi connectivity index (χ0n) is 8.96. The second-order valence-electron chi connectivity index (χ2n) is 4.02. The lowest BCUT2D eigenvalue weighted by Gasteiger charge is -2.22. The van der Waals surface area contributed by atoms with Gasteiger partial charge >= 0.3 is 5.97 Å². The van der Waals surface area contributed by atoms with Gasteiger partial charge in [0, 0.05) is 3.57 Å². The predicted molar refractivity (Wildman–Crippen MR) is 68.9 cm³/mol. The molecule has 82 valence electrons. The Bertz CT molecular complexity index is 345. The molecule has 0 amide bonds. The van der Waals surface area contributed by atoms with Crippen LogP contribution in [0.4, 0.5) is 0 Å². The van der Waals surface area contributed by atoms with Crippen molar-refractivity contribution in [1.29, 1.82) is 0 Å². The van der Waals surface area contributed by atoms with E-state index in [9.17, 15) is 4.79 Å². The summed E-state index contributed by atoms with van der Waals surface area (Å²) >= 11 is 2.24. The SMILES string of the molecule is CCC(C)(Cc1ccc(I)cc1)C(=O)O. The number of hydrogen-bond donors (Lipinski definition) is 1. The first-order chi connectivity index (χ1) is 6.98. The number of halogens is 1. The van der Waals surface area contributed by atoms with E-state index < -0.39 is 11.4 Å². The first-order valence-corrected chi connectivity index (χ1v) is 6.03. The minimum absolute atomic E-state index is 0.593. The van der Waals surface area contributed by atoms with Crippen LogP contribution in [0.25, 0.3) is 0 Å². The molecule has 0 bridgehead atoms. The highest BCUT2D eigenvalue weighted by Gasteiger charge is 2.30. The van der Waals surface area contributed by atoms with Gasteiger partial charge in [0.1, 0.15) is 0 Å². The topological polar surface area (TPSA) is 37.3 Å². The van der Waals surface area contributed by atoms with Crippen molar-refractivity contribution >= 4 is 28.6 Å². The van der Waals surface area contributed by atoms with Crippen LogP contribution in [0.2, 0.25) is 0 Å². The van der Waals surface area contributed by atoms with E-state index in [0.717, 1.165) is 5.56 Å². The van der Waals surface area contributed by atoms with Crippen molar-refractivity contribution in [2.45, 2.75) is 26.7 Å². The number of rotatable bonds is 4. The van der Waals surface area contributed by atoms with Crippen LogP contribution in [0.1, 0.15) is 25.8 Å². The van der Waals surface area contributed by atoms with Gasteiger partial charge in [0.15, 0.2) is 0 Å². The summed E-state index contributed by atoms with van der Waals surface area (Å²) in [5.74, 6) is -0.719. The highest BCUT2D eigenvalue weighted by atomic mass is 127. The van der Waals surface area contributed by atoms with Gasteiger partial charge in [0.2, 0.25) is 0 Å². The summed E-state index contributed by atoms with van der Waals surface area (Å²) in [4.78, 5) is 11.1. The van der Waals surface area contributed by atoms with Crippen LogP contribution < -0.4 is 0 Å². The van der Waals surface area contributed by atoms with Gasteiger partial charge in [-0.1, -0.05) is 19.1 Å². The van der Waals surface area contributed by atoms with Crippen LogP contribution in [-0.4, -0.2) is 11.1 Å². The predicted octanol–water partition coefficient (Wildman–Crippen LogP) is 3.33. The molecule has 0 fully saturated rings. The highest BCUT2D eigenvalue weighted by Crippen LogP contribution is 2.27. The molecule has 0 aliphatic carbocycles. The Morgan fingerprint density at radius 2 is 1.93 bits per heavy atom. The minimum Gasteiger partial charge on any atom is -0.481 e. The number of carboxylic acid groups (broad SMARTS) is 1. The molecule has 1 atom stereocenters. The molecule has 0 aliphatic rings. The number of carboxylic acids is 1. The van der Waals surface area contributed by atoms with Crippen LogP contribution in [-0.2, 0) is 11.2 Å². The van der Waals surface area contributed by atoms with Crippen molar-refractivity contribution in [1.82, 2.24) is 0 Å². The Labute approximate surface area is 104 Å². The molecule has 0 heterocycles. The molecule has 1 aromatic carbocycles. The first kappa shape index (κ1) is 12.5. The lowest BCUT2D eigenvalue weighted by molar-refractivity contribution is -0.148. The summed E-state index contributed by atoms with van der Waals surface area (Å²) in [6.07, 6.45) is 1.24. The van der Waals surface area contributed by atoms with Crippen molar-refractivity contribution in [3.63, 3.8) is 0 Å². The van der Waals surface area contributed by atoms with Gasteiger partial charge in [0.25, 0.3) is 0 Å². The van der Waals surface area contributed by atoms with E-state index in [1.807, 2.05) is 31.2 Å². The first-order valence-electron chi connectivity index (χ1n) is 4.96. The fourth-order valence-electron chi connectivity index (χ4n) is 1.40. The third kappa shape index (κ3) is 3.19. The molecule has 3 heteroatoms. The van der Waals surface area contributed by atoms with Gasteiger partial charge in [-0.25, -0.2) is 0 Å². The van der Waals surface area contributed by atoms with Gasteiger partial charge in [-0.3, -0.25) is 4.79 Å². The van der Waals surface area contributed by atoms with Gasteiger partial charge in [-0.05, 0) is 60.1 Å². The van der Waals surface area contributed by atoms with Crippen molar-refractivity contribution in [2.75, 3.05) is 0 Å². The van der Waals surface area contributed by atoms with E-state index in [1.165, 1.54) is 3.57 Å². The van der Waals surface area contributed by atoms with Crippen LogP contribution in [0.3, 0.4) is 0 Å². The van der Waals surface area contributed by atoms with E-state index in [-0.39, 0.29) is 0 Å². The zero-order chi connectivity index (χ0) is 11.5. The second-order valence-corrected chi connectivity index (χ2v) is 5.27. The van der Waals surface area contributed by atoms with E-state index in [0.29, 0.717) is 12.8 Å². The summed E-state index contributed by atoms with van der Waals surface area (Å²) in [5, 5.41) is 9.15. The monoisotopic (exact) mass is 318 g/mol. The quantitative estimate of drug-likeness (QED) is 0.865. The Hall–Kier alpha value is -0.580. The summed E-state index contributed by atoms with van der Waals surface area (Å²) < 4.78 is 1.17. The highest BCUT2D eigenvalue weighted by molar-refractivity contribution is 14.1. The largest absolute Gasteiger partial charge is 0.481 e. The third-order valence-corrected chi connectivity index (χ3v) is 3.52. The second kappa shape index (κ2) is 4.96. The average molecular weight is 318 g/mol. The van der Waals surface area contributed by atoms with E-state index in [1.54, 1.807) is 6.92 Å².